The number of aryl methyl sites for hydroxylation is 1. The first-order valence-corrected chi connectivity index (χ1v) is 5.14. The number of aromatic nitrogens is 1. The summed E-state index contributed by atoms with van der Waals surface area (Å²) in [5.41, 5.74) is -0.00540. The predicted molar refractivity (Wildman–Crippen MR) is 61.3 cm³/mol. The van der Waals surface area contributed by atoms with Crippen LogP contribution < -0.4 is 0 Å². The van der Waals surface area contributed by atoms with Gasteiger partial charge in [-0.1, -0.05) is 0 Å². The highest BCUT2D eigenvalue weighted by atomic mass is 19.1. The number of nitrogens with zero attached hydrogens (tertiary/aromatic N) is 1. The third kappa shape index (κ3) is 2.07. The molecular weight excluding hydrogens is 240 g/mol. The molecule has 0 saturated carbocycles. The summed E-state index contributed by atoms with van der Waals surface area (Å²) in [6, 6.07) is 3.26. The Bertz CT molecular complexity index is 626. The van der Waals surface area contributed by atoms with Crippen molar-refractivity contribution in [2.75, 3.05) is 0 Å². The topological polar surface area (TPSA) is 50.2 Å². The lowest BCUT2D eigenvalue weighted by atomic mass is 10.00. The Morgan fingerprint density at radius 2 is 1.94 bits per heavy atom. The van der Waals surface area contributed by atoms with Crippen molar-refractivity contribution in [3.05, 3.63) is 53.4 Å². The lowest BCUT2D eigenvalue weighted by Crippen LogP contribution is -2.01. The maximum absolute atomic E-state index is 13.8. The first-order valence-electron chi connectivity index (χ1n) is 5.14. The second-order valence-corrected chi connectivity index (χ2v) is 3.81. The highest BCUT2D eigenvalue weighted by Crippen LogP contribution is 2.27. The van der Waals surface area contributed by atoms with Gasteiger partial charge >= 0.3 is 5.97 Å². The van der Waals surface area contributed by atoms with Gasteiger partial charge in [0.2, 0.25) is 0 Å². The van der Waals surface area contributed by atoms with Gasteiger partial charge in [0, 0.05) is 23.5 Å². The van der Waals surface area contributed by atoms with Crippen molar-refractivity contribution in [1.29, 1.82) is 0 Å². The van der Waals surface area contributed by atoms with E-state index >= 15 is 0 Å². The second kappa shape index (κ2) is 4.52. The quantitative estimate of drug-likeness (QED) is 0.889. The minimum absolute atomic E-state index is 0.0569. The molecule has 0 amide bonds. The molecule has 5 heteroatoms. The minimum atomic E-state index is -1.22. The van der Waals surface area contributed by atoms with Gasteiger partial charge < -0.3 is 5.11 Å². The van der Waals surface area contributed by atoms with Crippen LogP contribution in [0.25, 0.3) is 11.1 Å². The van der Waals surface area contributed by atoms with E-state index in [1.807, 2.05) is 0 Å². The molecule has 18 heavy (non-hydrogen) atoms. The Morgan fingerprint density at radius 1 is 1.22 bits per heavy atom. The number of hydrogen-bond donors (Lipinski definition) is 1. The van der Waals surface area contributed by atoms with E-state index in [1.54, 1.807) is 0 Å². The molecule has 0 radical (unpaired) electrons. The van der Waals surface area contributed by atoms with Crippen molar-refractivity contribution in [1.82, 2.24) is 4.98 Å². The van der Waals surface area contributed by atoms with Crippen LogP contribution in [0, 0.1) is 18.6 Å². The third-order valence-corrected chi connectivity index (χ3v) is 2.59. The zero-order chi connectivity index (χ0) is 13.3. The van der Waals surface area contributed by atoms with Crippen LogP contribution in [0.15, 0.2) is 30.6 Å². The van der Waals surface area contributed by atoms with Gasteiger partial charge in [0.1, 0.15) is 11.6 Å². The van der Waals surface area contributed by atoms with Gasteiger partial charge in [-0.15, -0.1) is 0 Å². The average Bonchev–Trinajstić information content (AvgIpc) is 2.34. The van der Waals surface area contributed by atoms with Crippen molar-refractivity contribution in [2.24, 2.45) is 0 Å². The van der Waals surface area contributed by atoms with Crippen LogP contribution in [-0.4, -0.2) is 16.1 Å². The number of pyridine rings is 1. The summed E-state index contributed by atoms with van der Waals surface area (Å²) < 4.78 is 27.2. The second-order valence-electron chi connectivity index (χ2n) is 3.81. The molecule has 3 nitrogen and oxygen atoms in total. The Kier molecular flexibility index (Phi) is 3.06. The summed E-state index contributed by atoms with van der Waals surface area (Å²) in [5, 5.41) is 9.00. The fraction of sp³-hybridized carbons (Fsp3) is 0.0769. The number of hydrogen-bond acceptors (Lipinski definition) is 2. The highest BCUT2D eigenvalue weighted by Gasteiger charge is 2.16. The zero-order valence-corrected chi connectivity index (χ0v) is 9.45. The molecular formula is C13H9F2NO2. The van der Waals surface area contributed by atoms with Gasteiger partial charge in [-0.25, -0.2) is 13.6 Å². The molecule has 92 valence electrons. The molecule has 1 aromatic heterocycles. The van der Waals surface area contributed by atoms with E-state index in [-0.39, 0.29) is 22.3 Å². The Hall–Kier alpha value is -2.30. The van der Waals surface area contributed by atoms with Gasteiger partial charge in [0.15, 0.2) is 0 Å². The summed E-state index contributed by atoms with van der Waals surface area (Å²) in [6.07, 6.45) is 2.49. The summed E-state index contributed by atoms with van der Waals surface area (Å²) in [5.74, 6) is -2.48. The summed E-state index contributed by atoms with van der Waals surface area (Å²) in [4.78, 5) is 14.8. The van der Waals surface area contributed by atoms with Crippen LogP contribution in [0.1, 0.15) is 15.9 Å². The SMILES string of the molecule is Cc1cc(F)c(-c2cnccc2C(=O)O)cc1F. The average molecular weight is 249 g/mol. The molecule has 0 aliphatic rings. The summed E-state index contributed by atoms with van der Waals surface area (Å²) in [6.45, 7) is 1.43. The Morgan fingerprint density at radius 3 is 2.61 bits per heavy atom. The lowest BCUT2D eigenvalue weighted by molar-refractivity contribution is 0.0697. The molecule has 0 bridgehead atoms. The number of carboxylic acid groups (broad SMARTS) is 1. The van der Waals surface area contributed by atoms with Crippen molar-refractivity contribution in [2.45, 2.75) is 6.92 Å². The molecule has 0 unspecified atom stereocenters. The van der Waals surface area contributed by atoms with Crippen molar-refractivity contribution in [3.8, 4) is 11.1 Å². The molecule has 1 N–H and O–H groups in total. The van der Waals surface area contributed by atoms with Crippen LogP contribution in [-0.2, 0) is 0 Å². The standard InChI is InChI=1S/C13H9F2NO2/c1-7-4-12(15)9(5-11(7)14)10-6-16-3-2-8(10)13(17)18/h2-6H,1H3,(H,17,18). The predicted octanol–water partition coefficient (Wildman–Crippen LogP) is 3.03. The molecule has 0 fully saturated rings. The lowest BCUT2D eigenvalue weighted by Gasteiger charge is -2.08. The van der Waals surface area contributed by atoms with Crippen molar-refractivity contribution >= 4 is 5.97 Å². The smallest absolute Gasteiger partial charge is 0.336 e. The van der Waals surface area contributed by atoms with E-state index in [4.69, 9.17) is 5.11 Å². The fourth-order valence-electron chi connectivity index (χ4n) is 1.65. The van der Waals surface area contributed by atoms with Gasteiger partial charge in [0.05, 0.1) is 5.56 Å². The monoisotopic (exact) mass is 249 g/mol. The van der Waals surface area contributed by atoms with Crippen LogP contribution >= 0.6 is 0 Å². The molecule has 2 rings (SSSR count). The largest absolute Gasteiger partial charge is 0.478 e. The minimum Gasteiger partial charge on any atom is -0.478 e. The summed E-state index contributed by atoms with van der Waals surface area (Å²) in [7, 11) is 0. The number of rotatable bonds is 2. The number of benzene rings is 1. The van der Waals surface area contributed by atoms with Crippen molar-refractivity contribution in [3.63, 3.8) is 0 Å². The number of halogens is 2. The molecule has 0 saturated heterocycles. The number of carbonyl (C=O) groups is 1. The van der Waals surface area contributed by atoms with E-state index in [0.29, 0.717) is 0 Å². The zero-order valence-electron chi connectivity index (χ0n) is 9.45. The van der Waals surface area contributed by atoms with E-state index in [1.165, 1.54) is 25.4 Å². The van der Waals surface area contributed by atoms with Crippen LogP contribution in [0.2, 0.25) is 0 Å². The van der Waals surface area contributed by atoms with E-state index in [0.717, 1.165) is 12.1 Å². The Balaban J connectivity index is 2.69. The maximum Gasteiger partial charge on any atom is 0.336 e. The number of aromatic carboxylic acids is 1. The molecule has 0 spiro atoms. The molecule has 0 aliphatic carbocycles. The van der Waals surface area contributed by atoms with E-state index < -0.39 is 17.6 Å². The van der Waals surface area contributed by atoms with Gasteiger partial charge in [-0.05, 0) is 30.7 Å². The van der Waals surface area contributed by atoms with Crippen LogP contribution in [0.4, 0.5) is 8.78 Å². The highest BCUT2D eigenvalue weighted by molar-refractivity contribution is 5.95. The first-order chi connectivity index (χ1) is 8.50. The first kappa shape index (κ1) is 12.2. The number of carboxylic acids is 1. The van der Waals surface area contributed by atoms with Gasteiger partial charge in [-0.2, -0.15) is 0 Å². The van der Waals surface area contributed by atoms with E-state index in [2.05, 4.69) is 4.98 Å². The molecule has 0 atom stereocenters. The Labute approximate surface area is 102 Å². The summed E-state index contributed by atoms with van der Waals surface area (Å²) >= 11 is 0. The molecule has 1 aromatic carbocycles. The van der Waals surface area contributed by atoms with Crippen LogP contribution in [0.5, 0.6) is 0 Å². The van der Waals surface area contributed by atoms with E-state index in [9.17, 15) is 13.6 Å². The maximum atomic E-state index is 13.8. The fourth-order valence-corrected chi connectivity index (χ4v) is 1.65. The van der Waals surface area contributed by atoms with Gasteiger partial charge in [0.25, 0.3) is 0 Å². The molecule has 1 heterocycles. The molecule has 0 aliphatic heterocycles. The van der Waals surface area contributed by atoms with Gasteiger partial charge in [-0.3, -0.25) is 4.98 Å². The van der Waals surface area contributed by atoms with Crippen molar-refractivity contribution < 1.29 is 18.7 Å². The van der Waals surface area contributed by atoms with Crippen LogP contribution in [0.3, 0.4) is 0 Å². The third-order valence-electron chi connectivity index (χ3n) is 2.59. The molecule has 2 aromatic rings. The normalized spacial score (nSPS) is 10.4.